The van der Waals surface area contributed by atoms with Gasteiger partial charge in [0, 0.05) is 40.4 Å². The van der Waals surface area contributed by atoms with Crippen LogP contribution in [-0.4, -0.2) is 48.7 Å². The number of hydrogen-bond acceptors (Lipinski definition) is 4. The molecular formula is H14NO9Sm-. The van der Waals surface area contributed by atoms with Gasteiger partial charge >= 0.3 is 0 Å². The van der Waals surface area contributed by atoms with E-state index in [9.17, 15) is 0 Å². The standard InChI is InChI=1S/H2NO3.6H2O.Sm/c2-1(3)4;;;;;;;/h2-3H;6*1H2;/q-1;;;;;;;. The molecule has 14 N–H and O–H groups in total. The van der Waals surface area contributed by atoms with Crippen molar-refractivity contribution in [2.45, 2.75) is 0 Å². The normalized spacial score (nSPS) is 3.27. The summed E-state index contributed by atoms with van der Waals surface area (Å²) in [6, 6.07) is 0. The maximum Gasteiger partial charge on any atom is 0 e. The summed E-state index contributed by atoms with van der Waals surface area (Å²) >= 11 is 0. The molecule has 0 amide bonds. The van der Waals surface area contributed by atoms with Gasteiger partial charge in [0.05, 0.1) is 0 Å². The molecule has 0 aromatic heterocycles. The predicted molar refractivity (Wildman–Crippen MR) is 30.5 cm³/mol. The smallest absolute Gasteiger partial charge is 0 e. The fraction of sp³-hybridized carbons (Fsp3) is 0. The average molecular weight is 322 g/mol. The number of nitrogens with zero attached hydrogens (tertiary/aromatic N) is 1. The molecule has 11 heteroatoms. The zero-order valence-corrected chi connectivity index (χ0v) is 7.78. The van der Waals surface area contributed by atoms with Crippen LogP contribution in [0.25, 0.3) is 0 Å². The maximum atomic E-state index is 8.47. The minimum absolute atomic E-state index is 0. The quantitative estimate of drug-likeness (QED) is 0.413. The molecule has 0 rings (SSSR count). The van der Waals surface area contributed by atoms with Crippen molar-refractivity contribution in [2.24, 2.45) is 0 Å². The zero-order chi connectivity index (χ0) is 3.58. The molecule has 0 spiro atoms. The molecule has 0 atom stereocenters. The fourth-order valence-corrected chi connectivity index (χ4v) is 0. The van der Waals surface area contributed by atoms with E-state index >= 15 is 0 Å². The van der Waals surface area contributed by atoms with Crippen LogP contribution in [0.4, 0.5) is 0 Å². The van der Waals surface area contributed by atoms with Gasteiger partial charge in [-0.1, -0.05) is 0 Å². The Kier molecular flexibility index (Phi) is 583. The van der Waals surface area contributed by atoms with Crippen molar-refractivity contribution < 1.29 is 83.7 Å². The van der Waals surface area contributed by atoms with Crippen LogP contribution < -0.4 is 0 Å². The van der Waals surface area contributed by atoms with E-state index in [1.54, 1.807) is 0 Å². The summed E-state index contributed by atoms with van der Waals surface area (Å²) in [6.07, 6.45) is 0. The van der Waals surface area contributed by atoms with Gasteiger partial charge in [0.2, 0.25) is 0 Å². The van der Waals surface area contributed by atoms with Crippen molar-refractivity contribution in [2.75, 3.05) is 0 Å². The van der Waals surface area contributed by atoms with Gasteiger partial charge in [-0.3, -0.25) is 0 Å². The largest absolute Gasteiger partial charge is 0.738 e. The van der Waals surface area contributed by atoms with E-state index in [4.69, 9.17) is 15.6 Å². The Bertz CT molecular complexity index is 14.3. The third-order valence-corrected chi connectivity index (χ3v) is 0. The Labute approximate surface area is 93.9 Å². The Morgan fingerprint density at radius 3 is 0.727 bits per heavy atom. The van der Waals surface area contributed by atoms with Crippen LogP contribution in [0.2, 0.25) is 0 Å². The van der Waals surface area contributed by atoms with Crippen LogP contribution >= 0.6 is 0 Å². The molecule has 0 saturated carbocycles. The summed E-state index contributed by atoms with van der Waals surface area (Å²) in [5.74, 6) is 0. The summed E-state index contributed by atoms with van der Waals surface area (Å²) in [4.78, 5) is 0. The monoisotopic (exact) mass is 324 g/mol. The molecule has 0 aliphatic heterocycles. The first kappa shape index (κ1) is 92.1. The van der Waals surface area contributed by atoms with Gasteiger partial charge in [0.15, 0.2) is 0 Å². The van der Waals surface area contributed by atoms with Crippen molar-refractivity contribution in [1.29, 1.82) is 0 Å². The van der Waals surface area contributed by atoms with Crippen LogP contribution in [0.15, 0.2) is 0 Å². The first-order valence-electron chi connectivity index (χ1n) is 0.583. The van der Waals surface area contributed by atoms with E-state index in [1.807, 2.05) is 0 Å². The third-order valence-electron chi connectivity index (χ3n) is 0. The molecule has 0 saturated heterocycles. The van der Waals surface area contributed by atoms with E-state index < -0.39 is 5.39 Å². The van der Waals surface area contributed by atoms with Gasteiger partial charge in [-0.05, 0) is 0 Å². The molecule has 10 nitrogen and oxygen atoms in total. The van der Waals surface area contributed by atoms with Crippen molar-refractivity contribution in [1.82, 2.24) is 5.39 Å². The number of rotatable bonds is 0. The van der Waals surface area contributed by atoms with Crippen molar-refractivity contribution >= 4 is 0 Å². The van der Waals surface area contributed by atoms with E-state index in [0.717, 1.165) is 0 Å². The maximum absolute atomic E-state index is 8.47. The third kappa shape index (κ3) is 994. The molecule has 0 aliphatic rings. The van der Waals surface area contributed by atoms with Crippen LogP contribution in [0.3, 0.4) is 0 Å². The molecule has 0 aliphatic carbocycles. The van der Waals surface area contributed by atoms with E-state index in [-0.39, 0.29) is 73.2 Å². The molecule has 0 fully saturated rings. The number of hydrogen-bond donors (Lipinski definition) is 2. The second-order valence-electron chi connectivity index (χ2n) is 0.253. The average Bonchev–Trinajstić information content (AvgIpc) is 0.811. The van der Waals surface area contributed by atoms with E-state index in [1.165, 1.54) is 0 Å². The Morgan fingerprint density at radius 2 is 0.727 bits per heavy atom. The molecule has 11 heavy (non-hydrogen) atoms. The van der Waals surface area contributed by atoms with Crippen LogP contribution in [-0.2, 0) is 0 Å². The molecular weight excluding hydrogens is 308 g/mol. The molecule has 0 bridgehead atoms. The minimum atomic E-state index is -1.25. The molecule has 0 radical (unpaired) electrons. The summed E-state index contributed by atoms with van der Waals surface area (Å²) < 4.78 is 0. The first-order valence-corrected chi connectivity index (χ1v) is 0.583. The molecule has 0 aromatic carbocycles. The minimum Gasteiger partial charge on any atom is -0.738 e. The molecule has 80 valence electrons. The predicted octanol–water partition coefficient (Wildman–Crippen LogP) is -5.38. The van der Waals surface area contributed by atoms with Crippen molar-refractivity contribution in [3.8, 4) is 0 Å². The van der Waals surface area contributed by atoms with Crippen LogP contribution in [0, 0.1) is 45.6 Å². The van der Waals surface area contributed by atoms with E-state index in [0.29, 0.717) is 0 Å². The van der Waals surface area contributed by atoms with Crippen LogP contribution in [0.1, 0.15) is 0 Å². The summed E-state index contributed by atoms with van der Waals surface area (Å²) in [5, 5.41) is 21.0. The molecule has 0 unspecified atom stereocenters. The summed E-state index contributed by atoms with van der Waals surface area (Å²) in [7, 11) is 0. The van der Waals surface area contributed by atoms with E-state index in [2.05, 4.69) is 0 Å². The van der Waals surface area contributed by atoms with Gasteiger partial charge in [-0.25, -0.2) is 0 Å². The van der Waals surface area contributed by atoms with Gasteiger partial charge in [-0.2, -0.15) is 0 Å². The van der Waals surface area contributed by atoms with Gasteiger partial charge in [0.1, 0.15) is 0 Å². The van der Waals surface area contributed by atoms with Gasteiger partial charge in [-0.15, -0.1) is 5.39 Å². The fourth-order valence-electron chi connectivity index (χ4n) is 0. The second-order valence-corrected chi connectivity index (χ2v) is 0.253. The Morgan fingerprint density at radius 1 is 0.727 bits per heavy atom. The summed E-state index contributed by atoms with van der Waals surface area (Å²) in [5.41, 5.74) is 0. The first-order chi connectivity index (χ1) is 1.73. The van der Waals surface area contributed by atoms with Crippen molar-refractivity contribution in [3.05, 3.63) is 5.21 Å². The molecule has 0 aromatic rings. The van der Waals surface area contributed by atoms with Gasteiger partial charge in [0.25, 0.3) is 0 Å². The Hall–Kier alpha value is 0.938. The Balaban J connectivity index is -0.00000000214. The molecule has 0 heterocycles. The summed E-state index contributed by atoms with van der Waals surface area (Å²) in [6.45, 7) is 0. The SMILES string of the molecule is O.O.O.O.O.O.[O-]N(O)O.[Sm]. The van der Waals surface area contributed by atoms with Gasteiger partial charge < -0.3 is 48.5 Å². The van der Waals surface area contributed by atoms with Crippen LogP contribution in [0.5, 0.6) is 0 Å². The second kappa shape index (κ2) is 69.7. The topological polar surface area (TPSA) is 256 Å². The zero-order valence-electron chi connectivity index (χ0n) is 5.16. The van der Waals surface area contributed by atoms with Crippen molar-refractivity contribution in [3.63, 3.8) is 0 Å².